The van der Waals surface area contributed by atoms with Gasteiger partial charge in [0.2, 0.25) is 0 Å². The van der Waals surface area contributed by atoms with Gasteiger partial charge in [-0.25, -0.2) is 0 Å². The molecule has 31 heavy (non-hydrogen) atoms. The summed E-state index contributed by atoms with van der Waals surface area (Å²) < 4.78 is 7.89. The van der Waals surface area contributed by atoms with E-state index in [9.17, 15) is 20.4 Å². The fourth-order valence-electron chi connectivity index (χ4n) is 4.29. The third-order valence-corrected chi connectivity index (χ3v) is 6.04. The van der Waals surface area contributed by atoms with Crippen LogP contribution >= 0.6 is 0 Å². The molecule has 1 aliphatic rings. The Morgan fingerprint density at radius 1 is 0.903 bits per heavy atom. The molecule has 0 aliphatic carbocycles. The Morgan fingerprint density at radius 3 is 2.29 bits per heavy atom. The van der Waals surface area contributed by atoms with Gasteiger partial charge in [0.25, 0.3) is 0 Å². The number of hydrogen-bond donors (Lipinski definition) is 5. The zero-order chi connectivity index (χ0) is 22.1. The predicted molar refractivity (Wildman–Crippen MR) is 116 cm³/mol. The molecular weight excluding hydrogens is 398 g/mol. The second-order valence-electron chi connectivity index (χ2n) is 8.27. The molecule has 0 bridgehead atoms. The molecule has 0 amide bonds. The van der Waals surface area contributed by atoms with Gasteiger partial charge in [0.15, 0.2) is 0 Å². The van der Waals surface area contributed by atoms with E-state index in [2.05, 4.69) is 4.57 Å². The van der Waals surface area contributed by atoms with Gasteiger partial charge in [0, 0.05) is 35.8 Å². The van der Waals surface area contributed by atoms with E-state index in [0.29, 0.717) is 18.5 Å². The zero-order valence-corrected chi connectivity index (χ0v) is 17.4. The van der Waals surface area contributed by atoms with Gasteiger partial charge in [-0.1, -0.05) is 35.9 Å². The van der Waals surface area contributed by atoms with Crippen LogP contribution in [0.25, 0.3) is 10.9 Å². The Labute approximate surface area is 180 Å². The van der Waals surface area contributed by atoms with Gasteiger partial charge in [-0.3, -0.25) is 0 Å². The maximum atomic E-state index is 10.6. The van der Waals surface area contributed by atoms with Crippen LogP contribution in [0.3, 0.4) is 0 Å². The summed E-state index contributed by atoms with van der Waals surface area (Å²) in [5.74, 6) is 0. The maximum absolute atomic E-state index is 10.6. The van der Waals surface area contributed by atoms with Crippen molar-refractivity contribution in [2.24, 2.45) is 0 Å². The quantitative estimate of drug-likeness (QED) is 0.402. The molecule has 3 aromatic rings. The Hall–Kier alpha value is -2.26. The van der Waals surface area contributed by atoms with Crippen LogP contribution in [0.15, 0.2) is 48.7 Å². The highest BCUT2D eigenvalue weighted by molar-refractivity contribution is 5.85. The molecule has 7 nitrogen and oxygen atoms in total. The monoisotopic (exact) mass is 427 g/mol. The summed E-state index contributed by atoms with van der Waals surface area (Å²) in [5, 5.41) is 50.6. The summed E-state index contributed by atoms with van der Waals surface area (Å²) >= 11 is 0. The number of rotatable bonds is 6. The van der Waals surface area contributed by atoms with Gasteiger partial charge in [-0.15, -0.1) is 0 Å². The Bertz CT molecular complexity index is 1030. The van der Waals surface area contributed by atoms with E-state index in [1.165, 1.54) is 0 Å². The van der Waals surface area contributed by atoms with Gasteiger partial charge in [0.05, 0.1) is 6.61 Å². The van der Waals surface area contributed by atoms with Crippen molar-refractivity contribution in [2.45, 2.75) is 50.4 Å². The molecule has 5 atom stereocenters. The summed E-state index contributed by atoms with van der Waals surface area (Å²) in [6, 6.07) is 14.1. The average Bonchev–Trinajstić information content (AvgIpc) is 3.11. The fourth-order valence-corrected chi connectivity index (χ4v) is 4.29. The zero-order valence-electron chi connectivity index (χ0n) is 17.4. The number of ether oxygens (including phenoxy) is 1. The molecule has 2 aromatic carbocycles. The van der Waals surface area contributed by atoms with Gasteiger partial charge >= 0.3 is 0 Å². The smallest absolute Gasteiger partial charge is 0.114 e. The maximum Gasteiger partial charge on any atom is 0.114 e. The van der Waals surface area contributed by atoms with Crippen molar-refractivity contribution in [3.8, 4) is 0 Å². The second-order valence-corrected chi connectivity index (χ2v) is 8.27. The molecule has 5 N–H and O–H groups in total. The minimum absolute atomic E-state index is 0.114. The minimum atomic E-state index is -1.42. The van der Waals surface area contributed by atoms with Crippen LogP contribution in [0.2, 0.25) is 0 Å². The van der Waals surface area contributed by atoms with Crippen LogP contribution < -0.4 is 0 Å². The Morgan fingerprint density at radius 2 is 1.61 bits per heavy atom. The first kappa shape index (κ1) is 22.0. The lowest BCUT2D eigenvalue weighted by molar-refractivity contribution is -0.231. The van der Waals surface area contributed by atoms with Gasteiger partial charge in [-0.05, 0) is 36.6 Å². The topological polar surface area (TPSA) is 115 Å². The number of fused-ring (bicyclic) bond motifs is 1. The van der Waals surface area contributed by atoms with E-state index in [1.807, 2.05) is 55.6 Å². The van der Waals surface area contributed by atoms with Crippen molar-refractivity contribution in [3.63, 3.8) is 0 Å². The van der Waals surface area contributed by atoms with E-state index in [0.717, 1.165) is 27.6 Å². The molecule has 1 aliphatic heterocycles. The predicted octanol–water partition coefficient (Wildman–Crippen LogP) is 1.05. The minimum Gasteiger partial charge on any atom is -0.396 e. The van der Waals surface area contributed by atoms with Crippen LogP contribution in [-0.2, 0) is 17.7 Å². The van der Waals surface area contributed by atoms with Crippen LogP contribution in [0.1, 0.15) is 28.4 Å². The van der Waals surface area contributed by atoms with Crippen molar-refractivity contribution in [1.82, 2.24) is 4.57 Å². The van der Waals surface area contributed by atoms with Crippen LogP contribution in [-0.4, -0.2) is 67.7 Å². The Balaban J connectivity index is 1.72. The molecule has 1 saturated heterocycles. The van der Waals surface area contributed by atoms with Crippen LogP contribution in [0.4, 0.5) is 0 Å². The molecule has 2 heterocycles. The number of aliphatic hydroxyl groups excluding tert-OH is 5. The van der Waals surface area contributed by atoms with E-state index in [1.54, 1.807) is 0 Å². The number of nitrogens with zero attached hydrogens (tertiary/aromatic N) is 1. The highest BCUT2D eigenvalue weighted by Gasteiger charge is 2.44. The summed E-state index contributed by atoms with van der Waals surface area (Å²) in [6.07, 6.45) is -3.44. The number of aromatic nitrogens is 1. The molecular formula is C24H29NO6. The highest BCUT2D eigenvalue weighted by Crippen LogP contribution is 2.37. The first-order valence-corrected chi connectivity index (χ1v) is 10.5. The first-order chi connectivity index (χ1) is 14.9. The summed E-state index contributed by atoms with van der Waals surface area (Å²) in [4.78, 5) is 0. The molecule has 7 heteroatoms. The summed E-state index contributed by atoms with van der Waals surface area (Å²) in [6.45, 7) is 2.23. The summed E-state index contributed by atoms with van der Waals surface area (Å²) in [5.41, 5.74) is 4.86. The number of aliphatic hydroxyl groups is 5. The second kappa shape index (κ2) is 9.08. The molecule has 1 aromatic heterocycles. The van der Waals surface area contributed by atoms with Crippen molar-refractivity contribution < 1.29 is 30.3 Å². The average molecular weight is 427 g/mol. The molecule has 166 valence electrons. The molecule has 0 spiro atoms. The normalized spacial score (nSPS) is 26.5. The van der Waals surface area contributed by atoms with E-state index >= 15 is 0 Å². The lowest BCUT2D eigenvalue weighted by Crippen LogP contribution is -2.55. The van der Waals surface area contributed by atoms with Crippen molar-refractivity contribution in [2.75, 3.05) is 13.2 Å². The van der Waals surface area contributed by atoms with Crippen molar-refractivity contribution in [3.05, 3.63) is 70.9 Å². The van der Waals surface area contributed by atoms with Crippen molar-refractivity contribution in [1.29, 1.82) is 0 Å². The van der Waals surface area contributed by atoms with E-state index in [-0.39, 0.29) is 6.61 Å². The number of hydrogen-bond acceptors (Lipinski definition) is 6. The number of benzene rings is 2. The SMILES string of the molecule is Cc1ccc2c(c1)c([C@@H]1O[C@H](CO)[C@@H](O)[C@H](O)[C@H]1O)cn2Cc1ccc(CCO)cc1. The highest BCUT2D eigenvalue weighted by atomic mass is 16.5. The van der Waals surface area contributed by atoms with Crippen LogP contribution in [0, 0.1) is 6.92 Å². The molecule has 4 rings (SSSR count). The van der Waals surface area contributed by atoms with Crippen molar-refractivity contribution >= 4 is 10.9 Å². The lowest BCUT2D eigenvalue weighted by Gasteiger charge is -2.40. The Kier molecular flexibility index (Phi) is 6.43. The molecule has 0 radical (unpaired) electrons. The van der Waals surface area contributed by atoms with Gasteiger partial charge < -0.3 is 34.8 Å². The molecule has 1 fully saturated rings. The molecule has 0 unspecified atom stereocenters. The molecule has 0 saturated carbocycles. The first-order valence-electron chi connectivity index (χ1n) is 10.5. The van der Waals surface area contributed by atoms with Gasteiger partial charge in [-0.2, -0.15) is 0 Å². The van der Waals surface area contributed by atoms with Gasteiger partial charge in [0.1, 0.15) is 30.5 Å². The third kappa shape index (κ3) is 4.25. The van der Waals surface area contributed by atoms with E-state index in [4.69, 9.17) is 9.84 Å². The largest absolute Gasteiger partial charge is 0.396 e. The fraction of sp³-hybridized carbons (Fsp3) is 0.417. The van der Waals surface area contributed by atoms with Crippen LogP contribution in [0.5, 0.6) is 0 Å². The van der Waals surface area contributed by atoms with E-state index < -0.39 is 37.1 Å². The standard InChI is InChI=1S/C24H29NO6/c1-14-2-7-19-17(10-14)18(24-23(30)22(29)21(28)20(13-27)31-24)12-25(19)11-16-5-3-15(4-6-16)8-9-26/h2-7,10,12,20-24,26-30H,8-9,11,13H2,1H3/t20-,21-,22+,23-,24+/m1/s1. The number of aryl methyl sites for hydroxylation is 1. The lowest BCUT2D eigenvalue weighted by atomic mass is 9.91. The third-order valence-electron chi connectivity index (χ3n) is 6.04. The summed E-state index contributed by atoms with van der Waals surface area (Å²) in [7, 11) is 0.